The first-order valence-electron chi connectivity index (χ1n) is 4.80. The normalized spacial score (nSPS) is 9.65. The van der Waals surface area contributed by atoms with E-state index in [4.69, 9.17) is 15.1 Å². The minimum absolute atomic E-state index is 0.0468. The lowest BCUT2D eigenvalue weighted by atomic mass is 10.2. The summed E-state index contributed by atoms with van der Waals surface area (Å²) in [7, 11) is 0. The Morgan fingerprint density at radius 3 is 2.88 bits per heavy atom. The number of anilines is 1. The number of hydrogen-bond donors (Lipinski definition) is 2. The average molecular weight is 229 g/mol. The molecule has 0 aliphatic heterocycles. The molecule has 1 aromatic heterocycles. The largest absolute Gasteiger partial charge is 0.461 e. The number of halogens is 1. The Kier molecular flexibility index (Phi) is 2.88. The number of hydrogen-bond acceptors (Lipinski definition) is 3. The number of rotatable bonds is 2. The lowest BCUT2D eigenvalue weighted by Crippen LogP contribution is -2.11. The van der Waals surface area contributed by atoms with Gasteiger partial charge in [-0.25, -0.2) is 4.39 Å². The van der Waals surface area contributed by atoms with Crippen molar-refractivity contribution in [2.24, 2.45) is 0 Å². The molecule has 4 nitrogen and oxygen atoms in total. The Hall–Kier alpha value is -2.61. The van der Waals surface area contributed by atoms with Crippen molar-refractivity contribution in [2.45, 2.75) is 0 Å². The number of nitrogens with one attached hydrogen (secondary N) is 2. The van der Waals surface area contributed by atoms with Crippen molar-refractivity contribution in [3.63, 3.8) is 0 Å². The van der Waals surface area contributed by atoms with Crippen molar-refractivity contribution >= 4 is 11.5 Å². The third kappa shape index (κ3) is 2.32. The van der Waals surface area contributed by atoms with Crippen LogP contribution in [0.2, 0.25) is 0 Å². The van der Waals surface area contributed by atoms with Gasteiger partial charge in [-0.2, -0.15) is 5.26 Å². The summed E-state index contributed by atoms with van der Waals surface area (Å²) in [5, 5.41) is 19.1. The fourth-order valence-electron chi connectivity index (χ4n) is 1.32. The van der Waals surface area contributed by atoms with Gasteiger partial charge in [-0.05, 0) is 30.3 Å². The van der Waals surface area contributed by atoms with Crippen LogP contribution >= 0.6 is 0 Å². The summed E-state index contributed by atoms with van der Waals surface area (Å²) in [5.74, 6) is -0.166. The van der Waals surface area contributed by atoms with Crippen LogP contribution in [-0.2, 0) is 0 Å². The zero-order valence-electron chi connectivity index (χ0n) is 8.70. The predicted molar refractivity (Wildman–Crippen MR) is 60.3 cm³/mol. The van der Waals surface area contributed by atoms with Gasteiger partial charge in [0.2, 0.25) is 0 Å². The lowest BCUT2D eigenvalue weighted by Gasteiger charge is -2.05. The topological polar surface area (TPSA) is 72.8 Å². The molecule has 0 unspecified atom stereocenters. The Morgan fingerprint density at radius 1 is 1.41 bits per heavy atom. The molecule has 0 bridgehead atoms. The van der Waals surface area contributed by atoms with E-state index >= 15 is 0 Å². The van der Waals surface area contributed by atoms with Crippen LogP contribution in [0.3, 0.4) is 0 Å². The van der Waals surface area contributed by atoms with Crippen molar-refractivity contribution in [2.75, 3.05) is 5.32 Å². The summed E-state index contributed by atoms with van der Waals surface area (Å²) >= 11 is 0. The summed E-state index contributed by atoms with van der Waals surface area (Å²) in [5.41, 5.74) is 0.395. The fourth-order valence-corrected chi connectivity index (χ4v) is 1.32. The van der Waals surface area contributed by atoms with Crippen LogP contribution in [0.25, 0.3) is 0 Å². The summed E-state index contributed by atoms with van der Waals surface area (Å²) in [4.78, 5) is 0. The van der Waals surface area contributed by atoms with Gasteiger partial charge in [-0.1, -0.05) is 0 Å². The van der Waals surface area contributed by atoms with Crippen LogP contribution in [0.5, 0.6) is 0 Å². The maximum atomic E-state index is 13.1. The van der Waals surface area contributed by atoms with Gasteiger partial charge >= 0.3 is 0 Å². The number of nitriles is 1. The van der Waals surface area contributed by atoms with Gasteiger partial charge < -0.3 is 9.73 Å². The molecule has 84 valence electrons. The summed E-state index contributed by atoms with van der Waals surface area (Å²) in [6, 6.07) is 9.00. The van der Waals surface area contributed by atoms with Crippen LogP contribution < -0.4 is 5.32 Å². The fraction of sp³-hybridized carbons (Fsp3) is 0. The molecule has 0 aliphatic rings. The second-order valence-corrected chi connectivity index (χ2v) is 3.28. The zero-order chi connectivity index (χ0) is 12.3. The van der Waals surface area contributed by atoms with E-state index in [1.54, 1.807) is 18.2 Å². The third-order valence-corrected chi connectivity index (χ3v) is 2.12. The van der Waals surface area contributed by atoms with Gasteiger partial charge in [0.25, 0.3) is 0 Å². The number of nitrogens with zero attached hydrogens (tertiary/aromatic N) is 1. The quantitative estimate of drug-likeness (QED) is 0.614. The van der Waals surface area contributed by atoms with Crippen molar-refractivity contribution in [3.05, 3.63) is 53.7 Å². The minimum atomic E-state index is -0.581. The minimum Gasteiger partial charge on any atom is -0.461 e. The van der Waals surface area contributed by atoms with E-state index in [-0.39, 0.29) is 11.4 Å². The second-order valence-electron chi connectivity index (χ2n) is 3.28. The SMILES string of the molecule is N#Cc1cc(NC(=N)c2ccco2)ccc1F. The van der Waals surface area contributed by atoms with Crippen molar-refractivity contribution in [1.82, 2.24) is 0 Å². The van der Waals surface area contributed by atoms with Crippen LogP contribution in [0.1, 0.15) is 11.3 Å². The molecular weight excluding hydrogens is 221 g/mol. The smallest absolute Gasteiger partial charge is 0.168 e. The molecule has 2 aromatic rings. The molecule has 0 amide bonds. The van der Waals surface area contributed by atoms with Gasteiger partial charge in [0.15, 0.2) is 11.6 Å². The monoisotopic (exact) mass is 229 g/mol. The Balaban J connectivity index is 2.20. The molecular formula is C12H8FN3O. The van der Waals surface area contributed by atoms with E-state index in [0.717, 1.165) is 0 Å². The molecule has 0 saturated heterocycles. The molecule has 17 heavy (non-hydrogen) atoms. The second kappa shape index (κ2) is 4.49. The van der Waals surface area contributed by atoms with Gasteiger partial charge in [0.1, 0.15) is 11.9 Å². The molecule has 2 rings (SSSR count). The van der Waals surface area contributed by atoms with E-state index in [1.165, 1.54) is 24.5 Å². The van der Waals surface area contributed by atoms with Crippen LogP contribution in [-0.4, -0.2) is 5.84 Å². The number of furan rings is 1. The maximum absolute atomic E-state index is 13.1. The Labute approximate surface area is 96.8 Å². The Bertz CT molecular complexity index is 584. The van der Waals surface area contributed by atoms with Crippen LogP contribution in [0.15, 0.2) is 41.0 Å². The highest BCUT2D eigenvalue weighted by molar-refractivity contribution is 6.04. The predicted octanol–water partition coefficient (Wildman–Crippen LogP) is 2.73. The summed E-state index contributed by atoms with van der Waals surface area (Å²) in [6.45, 7) is 0. The van der Waals surface area contributed by atoms with Crippen molar-refractivity contribution in [1.29, 1.82) is 10.7 Å². The van der Waals surface area contributed by atoms with Gasteiger partial charge in [-0.15, -0.1) is 0 Å². The molecule has 0 spiro atoms. The Morgan fingerprint density at radius 2 is 2.24 bits per heavy atom. The standard InChI is InChI=1S/C12H8FN3O/c13-10-4-3-9(6-8(10)7-14)16-12(15)11-2-1-5-17-11/h1-6H,(H2,15,16). The molecule has 0 aliphatic carbocycles. The number of benzene rings is 1. The van der Waals surface area contributed by atoms with Gasteiger partial charge in [0, 0.05) is 5.69 Å². The van der Waals surface area contributed by atoms with Gasteiger partial charge in [-0.3, -0.25) is 5.41 Å². The van der Waals surface area contributed by atoms with E-state index in [2.05, 4.69) is 5.32 Å². The maximum Gasteiger partial charge on any atom is 0.168 e. The third-order valence-electron chi connectivity index (χ3n) is 2.12. The van der Waals surface area contributed by atoms with Crippen molar-refractivity contribution in [3.8, 4) is 6.07 Å². The van der Waals surface area contributed by atoms with E-state index < -0.39 is 5.82 Å². The van der Waals surface area contributed by atoms with E-state index in [1.807, 2.05) is 0 Å². The molecule has 0 saturated carbocycles. The highest BCUT2D eigenvalue weighted by Crippen LogP contribution is 2.15. The first-order chi connectivity index (χ1) is 8.20. The first-order valence-corrected chi connectivity index (χ1v) is 4.80. The number of amidine groups is 1. The first kappa shape index (κ1) is 10.9. The highest BCUT2D eigenvalue weighted by Gasteiger charge is 2.07. The molecule has 0 atom stereocenters. The molecule has 1 aromatic carbocycles. The van der Waals surface area contributed by atoms with E-state index in [0.29, 0.717) is 11.4 Å². The molecule has 1 heterocycles. The average Bonchev–Trinajstić information content (AvgIpc) is 2.85. The van der Waals surface area contributed by atoms with Crippen molar-refractivity contribution < 1.29 is 8.81 Å². The summed E-state index contributed by atoms with van der Waals surface area (Å²) < 4.78 is 18.1. The van der Waals surface area contributed by atoms with Crippen LogP contribution in [0.4, 0.5) is 10.1 Å². The molecule has 2 N–H and O–H groups in total. The molecule has 5 heteroatoms. The zero-order valence-corrected chi connectivity index (χ0v) is 8.70. The lowest BCUT2D eigenvalue weighted by molar-refractivity contribution is 0.557. The molecule has 0 fully saturated rings. The molecule has 0 radical (unpaired) electrons. The highest BCUT2D eigenvalue weighted by atomic mass is 19.1. The van der Waals surface area contributed by atoms with E-state index in [9.17, 15) is 4.39 Å². The summed E-state index contributed by atoms with van der Waals surface area (Å²) in [6.07, 6.45) is 1.46. The van der Waals surface area contributed by atoms with Gasteiger partial charge in [0.05, 0.1) is 11.8 Å². The van der Waals surface area contributed by atoms with Crippen LogP contribution in [0, 0.1) is 22.6 Å².